The summed E-state index contributed by atoms with van der Waals surface area (Å²) in [7, 11) is 1.67. The Balaban J connectivity index is 2.09. The van der Waals surface area contributed by atoms with Gasteiger partial charge in [-0.25, -0.2) is 4.98 Å². The highest BCUT2D eigenvalue weighted by atomic mass is 16.5. The van der Waals surface area contributed by atoms with E-state index in [1.165, 1.54) is 37.7 Å². The van der Waals surface area contributed by atoms with Crippen LogP contribution < -0.4 is 10.1 Å². The molecule has 1 aromatic rings. The molecule has 88 valence electrons. The zero-order chi connectivity index (χ0) is 11.4. The largest absolute Gasteiger partial charge is 0.480 e. The van der Waals surface area contributed by atoms with Crippen LogP contribution in [0.4, 0.5) is 5.69 Å². The summed E-state index contributed by atoms with van der Waals surface area (Å²) < 4.78 is 5.27. The van der Waals surface area contributed by atoms with Gasteiger partial charge < -0.3 is 10.1 Å². The second kappa shape index (κ2) is 5.19. The number of hydrogen-bond acceptors (Lipinski definition) is 3. The predicted molar refractivity (Wildman–Crippen MR) is 66.0 cm³/mol. The molecule has 16 heavy (non-hydrogen) atoms. The Labute approximate surface area is 97.2 Å². The second-order valence-electron chi connectivity index (χ2n) is 4.55. The molecule has 1 saturated carbocycles. The molecule has 0 unspecified atom stereocenters. The number of methoxy groups -OCH3 is 1. The maximum atomic E-state index is 5.27. The van der Waals surface area contributed by atoms with Crippen LogP contribution in [0.15, 0.2) is 12.3 Å². The number of anilines is 1. The summed E-state index contributed by atoms with van der Waals surface area (Å²) in [5.41, 5.74) is 2.20. The van der Waals surface area contributed by atoms with Crippen LogP contribution in [0.1, 0.15) is 37.7 Å². The van der Waals surface area contributed by atoms with Gasteiger partial charge in [0.25, 0.3) is 0 Å². The van der Waals surface area contributed by atoms with Crippen LogP contribution in [0.2, 0.25) is 0 Å². The molecule has 0 radical (unpaired) electrons. The molecule has 0 saturated heterocycles. The summed E-state index contributed by atoms with van der Waals surface area (Å²) in [5, 5.41) is 3.55. The van der Waals surface area contributed by atoms with Gasteiger partial charge in [0.05, 0.1) is 12.8 Å². The van der Waals surface area contributed by atoms with E-state index in [9.17, 15) is 0 Å². The first-order valence-electron chi connectivity index (χ1n) is 6.07. The molecule has 0 aliphatic heterocycles. The van der Waals surface area contributed by atoms with Crippen molar-refractivity contribution in [2.24, 2.45) is 0 Å². The lowest BCUT2D eigenvalue weighted by Crippen LogP contribution is -2.22. The summed E-state index contributed by atoms with van der Waals surface area (Å²) in [6.45, 7) is 2.05. The fourth-order valence-corrected chi connectivity index (χ4v) is 2.29. The third kappa shape index (κ3) is 2.65. The fraction of sp³-hybridized carbons (Fsp3) is 0.615. The van der Waals surface area contributed by atoms with E-state index in [-0.39, 0.29) is 0 Å². The molecule has 1 heterocycles. The lowest BCUT2D eigenvalue weighted by Gasteiger charge is -2.24. The number of aryl methyl sites for hydroxylation is 1. The fourth-order valence-electron chi connectivity index (χ4n) is 2.29. The minimum absolute atomic E-state index is 0.589. The van der Waals surface area contributed by atoms with E-state index in [1.54, 1.807) is 7.11 Å². The van der Waals surface area contributed by atoms with Crippen molar-refractivity contribution in [3.8, 4) is 5.88 Å². The molecule has 1 aliphatic rings. The molecule has 0 amide bonds. The van der Waals surface area contributed by atoms with Gasteiger partial charge in [-0.1, -0.05) is 19.3 Å². The molecule has 1 aromatic heterocycles. The monoisotopic (exact) mass is 220 g/mol. The molecule has 1 fully saturated rings. The normalized spacial score (nSPS) is 17.1. The van der Waals surface area contributed by atoms with Gasteiger partial charge in [0, 0.05) is 12.2 Å². The Morgan fingerprint density at radius 1 is 1.31 bits per heavy atom. The minimum Gasteiger partial charge on any atom is -0.480 e. The van der Waals surface area contributed by atoms with Crippen molar-refractivity contribution >= 4 is 5.69 Å². The number of rotatable bonds is 3. The molecule has 2 rings (SSSR count). The third-order valence-corrected chi connectivity index (χ3v) is 3.15. The smallest absolute Gasteiger partial charge is 0.237 e. The van der Waals surface area contributed by atoms with Crippen molar-refractivity contribution in [1.29, 1.82) is 0 Å². The van der Waals surface area contributed by atoms with Crippen molar-refractivity contribution in [3.63, 3.8) is 0 Å². The summed E-state index contributed by atoms with van der Waals surface area (Å²) in [6.07, 6.45) is 8.40. The SMILES string of the molecule is COc1ncc(C)cc1NC1CCCCC1. The van der Waals surface area contributed by atoms with Crippen LogP contribution in [0.3, 0.4) is 0 Å². The van der Waals surface area contributed by atoms with E-state index in [2.05, 4.69) is 23.3 Å². The average molecular weight is 220 g/mol. The van der Waals surface area contributed by atoms with Gasteiger partial charge in [-0.15, -0.1) is 0 Å². The van der Waals surface area contributed by atoms with Crippen LogP contribution in [0.5, 0.6) is 5.88 Å². The van der Waals surface area contributed by atoms with Gasteiger partial charge in [0.15, 0.2) is 0 Å². The van der Waals surface area contributed by atoms with Crippen molar-refractivity contribution in [3.05, 3.63) is 17.8 Å². The van der Waals surface area contributed by atoms with Crippen LogP contribution in [-0.4, -0.2) is 18.1 Å². The Kier molecular flexibility index (Phi) is 3.65. The van der Waals surface area contributed by atoms with Crippen molar-refractivity contribution in [2.45, 2.75) is 45.1 Å². The zero-order valence-corrected chi connectivity index (χ0v) is 10.1. The highest BCUT2D eigenvalue weighted by Gasteiger charge is 2.15. The van der Waals surface area contributed by atoms with Crippen LogP contribution in [0, 0.1) is 6.92 Å². The Morgan fingerprint density at radius 2 is 2.06 bits per heavy atom. The first kappa shape index (κ1) is 11.2. The molecule has 0 aromatic carbocycles. The summed E-state index contributed by atoms with van der Waals surface area (Å²) in [5.74, 6) is 0.705. The Bertz CT molecular complexity index is 346. The van der Waals surface area contributed by atoms with E-state index < -0.39 is 0 Å². The molecule has 0 spiro atoms. The number of ether oxygens (including phenoxy) is 1. The lowest BCUT2D eigenvalue weighted by molar-refractivity contribution is 0.397. The van der Waals surface area contributed by atoms with Gasteiger partial charge in [0.2, 0.25) is 5.88 Å². The van der Waals surface area contributed by atoms with E-state index in [0.29, 0.717) is 11.9 Å². The van der Waals surface area contributed by atoms with Gasteiger partial charge >= 0.3 is 0 Å². The van der Waals surface area contributed by atoms with Crippen molar-refractivity contribution < 1.29 is 4.74 Å². The van der Waals surface area contributed by atoms with E-state index in [4.69, 9.17) is 4.74 Å². The van der Waals surface area contributed by atoms with E-state index >= 15 is 0 Å². The number of aromatic nitrogens is 1. The first-order chi connectivity index (χ1) is 7.79. The van der Waals surface area contributed by atoms with E-state index in [1.807, 2.05) is 6.20 Å². The Hall–Kier alpha value is -1.25. The second-order valence-corrected chi connectivity index (χ2v) is 4.55. The molecule has 1 aliphatic carbocycles. The molecular weight excluding hydrogens is 200 g/mol. The highest BCUT2D eigenvalue weighted by Crippen LogP contribution is 2.27. The molecule has 0 bridgehead atoms. The number of hydrogen-bond donors (Lipinski definition) is 1. The molecular formula is C13H20N2O. The molecule has 3 heteroatoms. The maximum Gasteiger partial charge on any atom is 0.237 e. The third-order valence-electron chi connectivity index (χ3n) is 3.15. The number of nitrogens with zero attached hydrogens (tertiary/aromatic N) is 1. The number of nitrogens with one attached hydrogen (secondary N) is 1. The maximum absolute atomic E-state index is 5.27. The quantitative estimate of drug-likeness (QED) is 0.849. The first-order valence-corrected chi connectivity index (χ1v) is 6.07. The van der Waals surface area contributed by atoms with Crippen LogP contribution >= 0.6 is 0 Å². The van der Waals surface area contributed by atoms with Gasteiger partial charge in [-0.05, 0) is 31.4 Å². The molecule has 3 nitrogen and oxygen atoms in total. The molecule has 0 atom stereocenters. The Morgan fingerprint density at radius 3 is 2.75 bits per heavy atom. The van der Waals surface area contributed by atoms with Crippen LogP contribution in [-0.2, 0) is 0 Å². The van der Waals surface area contributed by atoms with Gasteiger partial charge in [-0.2, -0.15) is 0 Å². The van der Waals surface area contributed by atoms with E-state index in [0.717, 1.165) is 5.69 Å². The lowest BCUT2D eigenvalue weighted by atomic mass is 9.95. The minimum atomic E-state index is 0.589. The zero-order valence-electron chi connectivity index (χ0n) is 10.1. The summed E-state index contributed by atoms with van der Waals surface area (Å²) in [4.78, 5) is 4.28. The average Bonchev–Trinajstić information content (AvgIpc) is 2.31. The van der Waals surface area contributed by atoms with Gasteiger partial charge in [-0.3, -0.25) is 0 Å². The predicted octanol–water partition coefficient (Wildman–Crippen LogP) is 3.14. The van der Waals surface area contributed by atoms with Crippen molar-refractivity contribution in [1.82, 2.24) is 4.98 Å². The summed E-state index contributed by atoms with van der Waals surface area (Å²) in [6, 6.07) is 2.70. The topological polar surface area (TPSA) is 34.1 Å². The summed E-state index contributed by atoms with van der Waals surface area (Å²) >= 11 is 0. The molecule has 1 N–H and O–H groups in total. The van der Waals surface area contributed by atoms with Crippen molar-refractivity contribution in [2.75, 3.05) is 12.4 Å². The van der Waals surface area contributed by atoms with Gasteiger partial charge in [0.1, 0.15) is 0 Å². The highest BCUT2D eigenvalue weighted by molar-refractivity contribution is 5.54. The number of pyridine rings is 1. The standard InChI is InChI=1S/C13H20N2O/c1-10-8-12(13(16-2)14-9-10)15-11-6-4-3-5-7-11/h8-9,11,15H,3-7H2,1-2H3. The van der Waals surface area contributed by atoms with Crippen LogP contribution in [0.25, 0.3) is 0 Å².